The van der Waals surface area contributed by atoms with Gasteiger partial charge in [0, 0.05) is 18.7 Å². The van der Waals surface area contributed by atoms with Crippen molar-refractivity contribution in [3.05, 3.63) is 46.2 Å². The van der Waals surface area contributed by atoms with Gasteiger partial charge in [-0.15, -0.1) is 0 Å². The monoisotopic (exact) mass is 333 g/mol. The molecule has 0 saturated carbocycles. The molecule has 0 aliphatic heterocycles. The Morgan fingerprint density at radius 1 is 1.17 bits per heavy atom. The maximum Gasteiger partial charge on any atom is 0.191 e. The Morgan fingerprint density at radius 3 is 2.70 bits per heavy atom. The largest absolute Gasteiger partial charge is 0.493 e. The van der Waals surface area contributed by atoms with Crippen LogP contribution in [0.5, 0.6) is 11.5 Å². The maximum atomic E-state index is 5.45. The van der Waals surface area contributed by atoms with Crippen LogP contribution in [0.2, 0.25) is 0 Å². The lowest BCUT2D eigenvalue weighted by atomic mass is 10.2. The molecule has 2 N–H and O–H groups in total. The summed E-state index contributed by atoms with van der Waals surface area (Å²) in [5, 5.41) is 10.8. The number of rotatable bonds is 7. The van der Waals surface area contributed by atoms with E-state index in [9.17, 15) is 0 Å². The van der Waals surface area contributed by atoms with E-state index in [0.29, 0.717) is 13.1 Å². The highest BCUT2D eigenvalue weighted by molar-refractivity contribution is 7.07. The first kappa shape index (κ1) is 17.1. The van der Waals surface area contributed by atoms with Crippen LogP contribution in [-0.2, 0) is 13.1 Å². The van der Waals surface area contributed by atoms with Gasteiger partial charge in [0.05, 0.1) is 20.8 Å². The molecule has 23 heavy (non-hydrogen) atoms. The molecule has 0 radical (unpaired) electrons. The highest BCUT2D eigenvalue weighted by atomic mass is 32.1. The van der Waals surface area contributed by atoms with Gasteiger partial charge in [0.1, 0.15) is 0 Å². The van der Waals surface area contributed by atoms with E-state index in [0.717, 1.165) is 29.6 Å². The molecule has 1 heterocycles. The molecule has 0 bridgehead atoms. The number of hydrogen-bond donors (Lipinski definition) is 2. The minimum atomic E-state index is 0.607. The molecule has 1 aromatic heterocycles. The van der Waals surface area contributed by atoms with Crippen molar-refractivity contribution in [2.75, 3.05) is 20.8 Å². The van der Waals surface area contributed by atoms with E-state index in [1.165, 1.54) is 5.56 Å². The topological polar surface area (TPSA) is 54.9 Å². The Bertz CT molecular complexity index is 627. The predicted molar refractivity (Wildman–Crippen MR) is 95.5 cm³/mol. The minimum Gasteiger partial charge on any atom is -0.493 e. The van der Waals surface area contributed by atoms with Gasteiger partial charge in [-0.1, -0.05) is 12.1 Å². The Labute approximate surface area is 141 Å². The average molecular weight is 333 g/mol. The summed E-state index contributed by atoms with van der Waals surface area (Å²) in [6.07, 6.45) is 0. The number of aliphatic imine (C=N–C) groups is 1. The summed E-state index contributed by atoms with van der Waals surface area (Å²) in [4.78, 5) is 4.60. The van der Waals surface area contributed by atoms with Crippen molar-refractivity contribution < 1.29 is 9.47 Å². The molecule has 1 aromatic carbocycles. The van der Waals surface area contributed by atoms with Crippen LogP contribution in [0.4, 0.5) is 0 Å². The second-order valence-electron chi connectivity index (χ2n) is 4.83. The van der Waals surface area contributed by atoms with Gasteiger partial charge in [-0.2, -0.15) is 11.3 Å². The van der Waals surface area contributed by atoms with Crippen LogP contribution in [0.15, 0.2) is 40.0 Å². The van der Waals surface area contributed by atoms with Crippen LogP contribution in [0.3, 0.4) is 0 Å². The van der Waals surface area contributed by atoms with Crippen molar-refractivity contribution in [2.45, 2.75) is 20.0 Å². The Kier molecular flexibility index (Phi) is 6.75. The van der Waals surface area contributed by atoms with Crippen molar-refractivity contribution in [3.8, 4) is 11.5 Å². The van der Waals surface area contributed by atoms with Crippen LogP contribution in [-0.4, -0.2) is 26.7 Å². The minimum absolute atomic E-state index is 0.607. The molecule has 0 atom stereocenters. The number of ether oxygens (including phenoxy) is 2. The standard InChI is InChI=1S/C17H23N3O2S/c1-4-18-17(19-10-13-8-9-23-12-13)20-11-14-6-5-7-15(21-2)16(14)22-3/h5-9,12H,4,10-11H2,1-3H3,(H2,18,19,20). The molecule has 5 nitrogen and oxygen atoms in total. The zero-order valence-electron chi connectivity index (χ0n) is 13.8. The molecule has 2 rings (SSSR count). The summed E-state index contributed by atoms with van der Waals surface area (Å²) in [5.74, 6) is 2.26. The molecule has 0 aliphatic carbocycles. The Balaban J connectivity index is 2.05. The summed E-state index contributed by atoms with van der Waals surface area (Å²) in [6.45, 7) is 4.13. The van der Waals surface area contributed by atoms with Gasteiger partial charge in [-0.05, 0) is 35.4 Å². The lowest BCUT2D eigenvalue weighted by Gasteiger charge is -2.15. The number of thiophene rings is 1. The van der Waals surface area contributed by atoms with Crippen LogP contribution in [0.1, 0.15) is 18.1 Å². The molecule has 0 spiro atoms. The number of nitrogens with one attached hydrogen (secondary N) is 2. The van der Waals surface area contributed by atoms with E-state index in [4.69, 9.17) is 9.47 Å². The zero-order valence-corrected chi connectivity index (χ0v) is 14.6. The number of nitrogens with zero attached hydrogens (tertiary/aromatic N) is 1. The first-order valence-corrected chi connectivity index (χ1v) is 8.45. The van der Waals surface area contributed by atoms with Crippen LogP contribution in [0.25, 0.3) is 0 Å². The summed E-state index contributed by atoms with van der Waals surface area (Å²) in [7, 11) is 3.29. The third kappa shape index (κ3) is 4.89. The van der Waals surface area contributed by atoms with E-state index < -0.39 is 0 Å². The van der Waals surface area contributed by atoms with Crippen LogP contribution in [0, 0.1) is 0 Å². The van der Waals surface area contributed by atoms with Crippen molar-refractivity contribution in [1.29, 1.82) is 0 Å². The Morgan fingerprint density at radius 2 is 2.04 bits per heavy atom. The first-order valence-electron chi connectivity index (χ1n) is 7.51. The van der Waals surface area contributed by atoms with E-state index >= 15 is 0 Å². The number of para-hydroxylation sites is 1. The smallest absolute Gasteiger partial charge is 0.191 e. The van der Waals surface area contributed by atoms with Crippen LogP contribution >= 0.6 is 11.3 Å². The maximum absolute atomic E-state index is 5.45. The summed E-state index contributed by atoms with van der Waals surface area (Å²) in [5.41, 5.74) is 2.24. The molecule has 0 aliphatic rings. The highest BCUT2D eigenvalue weighted by Crippen LogP contribution is 2.30. The third-order valence-corrected chi connectivity index (χ3v) is 4.01. The normalized spacial score (nSPS) is 11.2. The lowest BCUT2D eigenvalue weighted by molar-refractivity contribution is 0.351. The van der Waals surface area contributed by atoms with Crippen LogP contribution < -0.4 is 20.1 Å². The van der Waals surface area contributed by atoms with Gasteiger partial charge in [0.15, 0.2) is 17.5 Å². The molecule has 0 unspecified atom stereocenters. The number of guanidine groups is 1. The van der Waals surface area contributed by atoms with Crippen molar-refractivity contribution in [2.24, 2.45) is 4.99 Å². The molecule has 0 fully saturated rings. The number of benzene rings is 1. The molecule has 0 saturated heterocycles. The van der Waals surface area contributed by atoms with E-state index in [-0.39, 0.29) is 0 Å². The zero-order chi connectivity index (χ0) is 16.5. The number of hydrogen-bond acceptors (Lipinski definition) is 4. The molecular formula is C17H23N3O2S. The molecule has 124 valence electrons. The fraction of sp³-hybridized carbons (Fsp3) is 0.353. The second kappa shape index (κ2) is 9.05. The summed E-state index contributed by atoms with van der Waals surface area (Å²) in [6, 6.07) is 7.94. The van der Waals surface area contributed by atoms with Crippen molar-refractivity contribution >= 4 is 17.3 Å². The van der Waals surface area contributed by atoms with Gasteiger partial charge in [0.2, 0.25) is 0 Å². The molecule has 2 aromatic rings. The van der Waals surface area contributed by atoms with E-state index in [1.807, 2.05) is 25.1 Å². The molecular weight excluding hydrogens is 310 g/mol. The lowest BCUT2D eigenvalue weighted by Crippen LogP contribution is -2.36. The second-order valence-corrected chi connectivity index (χ2v) is 5.61. The summed E-state index contributed by atoms with van der Waals surface area (Å²) >= 11 is 1.68. The predicted octanol–water partition coefficient (Wildman–Crippen LogP) is 3.02. The van der Waals surface area contributed by atoms with Gasteiger partial charge < -0.3 is 20.1 Å². The number of methoxy groups -OCH3 is 2. The van der Waals surface area contributed by atoms with E-state index in [2.05, 4.69) is 32.5 Å². The first-order chi connectivity index (χ1) is 11.3. The van der Waals surface area contributed by atoms with Gasteiger partial charge in [-0.25, -0.2) is 4.99 Å². The van der Waals surface area contributed by atoms with Gasteiger partial charge in [-0.3, -0.25) is 0 Å². The SMILES string of the molecule is CCNC(=NCc1ccsc1)NCc1cccc(OC)c1OC. The fourth-order valence-corrected chi connectivity index (χ4v) is 2.83. The van der Waals surface area contributed by atoms with Gasteiger partial charge in [0.25, 0.3) is 0 Å². The third-order valence-electron chi connectivity index (χ3n) is 3.27. The van der Waals surface area contributed by atoms with Gasteiger partial charge >= 0.3 is 0 Å². The molecule has 0 amide bonds. The van der Waals surface area contributed by atoms with Crippen molar-refractivity contribution in [3.63, 3.8) is 0 Å². The fourth-order valence-electron chi connectivity index (χ4n) is 2.17. The highest BCUT2D eigenvalue weighted by Gasteiger charge is 2.09. The quantitative estimate of drug-likeness (QED) is 0.604. The average Bonchev–Trinajstić information content (AvgIpc) is 3.10. The Hall–Kier alpha value is -2.21. The molecule has 6 heteroatoms. The summed E-state index contributed by atoms with van der Waals surface area (Å²) < 4.78 is 10.8. The van der Waals surface area contributed by atoms with Crippen molar-refractivity contribution in [1.82, 2.24) is 10.6 Å². The van der Waals surface area contributed by atoms with E-state index in [1.54, 1.807) is 25.6 Å².